The Hall–Kier alpha value is -1.89. The first-order valence-electron chi connectivity index (χ1n) is 7.33. The first-order chi connectivity index (χ1) is 10.8. The first kappa shape index (κ1) is 19.2. The van der Waals surface area contributed by atoms with Gasteiger partial charge in [-0.3, -0.25) is 9.59 Å². The third kappa shape index (κ3) is 6.40. The number of halogens is 1. The molecule has 0 heterocycles. The highest BCUT2D eigenvalue weighted by molar-refractivity contribution is 9.10. The molecule has 6 nitrogen and oxygen atoms in total. The lowest BCUT2D eigenvalue weighted by Gasteiger charge is -2.26. The van der Waals surface area contributed by atoms with E-state index in [2.05, 4.69) is 21.2 Å². The number of amides is 2. The van der Waals surface area contributed by atoms with E-state index in [4.69, 9.17) is 5.11 Å². The van der Waals surface area contributed by atoms with E-state index >= 15 is 0 Å². The van der Waals surface area contributed by atoms with Crippen molar-refractivity contribution in [3.8, 4) is 0 Å². The molecule has 0 saturated carbocycles. The number of aliphatic carboxylic acids is 1. The SMILES string of the molecule is CC(=O)NCCN(C(=O)CCc1ccccc1Br)C(C)C(=O)O. The van der Waals surface area contributed by atoms with Gasteiger partial charge in [-0.15, -0.1) is 0 Å². The molecule has 2 amide bonds. The smallest absolute Gasteiger partial charge is 0.326 e. The van der Waals surface area contributed by atoms with Crippen LogP contribution in [0.3, 0.4) is 0 Å². The molecule has 0 aliphatic rings. The third-order valence-electron chi connectivity index (χ3n) is 3.44. The maximum absolute atomic E-state index is 12.4. The second-order valence-corrected chi connectivity index (χ2v) is 6.03. The average Bonchev–Trinajstić information content (AvgIpc) is 2.49. The molecule has 0 aliphatic carbocycles. The average molecular weight is 385 g/mol. The Morgan fingerprint density at radius 1 is 1.30 bits per heavy atom. The Labute approximate surface area is 144 Å². The number of rotatable bonds is 8. The van der Waals surface area contributed by atoms with Crippen LogP contribution in [0.5, 0.6) is 0 Å². The van der Waals surface area contributed by atoms with Crippen molar-refractivity contribution in [2.75, 3.05) is 13.1 Å². The van der Waals surface area contributed by atoms with E-state index in [0.717, 1.165) is 10.0 Å². The maximum atomic E-state index is 12.4. The van der Waals surface area contributed by atoms with Gasteiger partial charge in [0, 0.05) is 30.9 Å². The Morgan fingerprint density at radius 3 is 2.52 bits per heavy atom. The number of aryl methyl sites for hydroxylation is 1. The van der Waals surface area contributed by atoms with Crippen LogP contribution >= 0.6 is 15.9 Å². The van der Waals surface area contributed by atoms with Gasteiger partial charge in [0.1, 0.15) is 6.04 Å². The van der Waals surface area contributed by atoms with E-state index in [1.165, 1.54) is 18.7 Å². The molecular formula is C16H21BrN2O4. The summed E-state index contributed by atoms with van der Waals surface area (Å²) < 4.78 is 0.920. The summed E-state index contributed by atoms with van der Waals surface area (Å²) in [6, 6.07) is 6.66. The van der Waals surface area contributed by atoms with Gasteiger partial charge in [0.2, 0.25) is 11.8 Å². The van der Waals surface area contributed by atoms with Gasteiger partial charge in [0.25, 0.3) is 0 Å². The monoisotopic (exact) mass is 384 g/mol. The number of carboxylic acids is 1. The molecule has 2 N–H and O–H groups in total. The standard InChI is InChI=1S/C16H21BrN2O4/c1-11(16(22)23)19(10-9-18-12(2)20)15(21)8-7-13-5-3-4-6-14(13)17/h3-6,11H,7-10H2,1-2H3,(H,18,20)(H,22,23). The van der Waals surface area contributed by atoms with Gasteiger partial charge in [-0.05, 0) is 25.0 Å². The minimum Gasteiger partial charge on any atom is -0.480 e. The lowest BCUT2D eigenvalue weighted by atomic mass is 10.1. The van der Waals surface area contributed by atoms with Gasteiger partial charge in [-0.1, -0.05) is 34.1 Å². The summed E-state index contributed by atoms with van der Waals surface area (Å²) in [5.74, 6) is -1.53. The molecule has 0 aliphatic heterocycles. The second-order valence-electron chi connectivity index (χ2n) is 5.18. The summed E-state index contributed by atoms with van der Waals surface area (Å²) in [5, 5.41) is 11.7. The number of nitrogens with one attached hydrogen (secondary N) is 1. The number of benzene rings is 1. The minimum absolute atomic E-state index is 0.168. The van der Waals surface area contributed by atoms with E-state index in [0.29, 0.717) is 6.42 Å². The van der Waals surface area contributed by atoms with Crippen LogP contribution in [-0.2, 0) is 20.8 Å². The molecule has 1 atom stereocenters. The van der Waals surface area contributed by atoms with Crippen LogP contribution < -0.4 is 5.32 Å². The Morgan fingerprint density at radius 2 is 1.96 bits per heavy atom. The van der Waals surface area contributed by atoms with E-state index < -0.39 is 12.0 Å². The largest absolute Gasteiger partial charge is 0.480 e. The van der Waals surface area contributed by atoms with Gasteiger partial charge >= 0.3 is 5.97 Å². The second kappa shape index (κ2) is 9.29. The van der Waals surface area contributed by atoms with Crippen LogP contribution in [0.15, 0.2) is 28.7 Å². The molecule has 0 aromatic heterocycles. The molecule has 0 fully saturated rings. The summed E-state index contributed by atoms with van der Waals surface area (Å²) in [5.41, 5.74) is 0.991. The summed E-state index contributed by atoms with van der Waals surface area (Å²) >= 11 is 3.43. The van der Waals surface area contributed by atoms with Crippen molar-refractivity contribution in [2.24, 2.45) is 0 Å². The van der Waals surface area contributed by atoms with Gasteiger partial charge in [-0.25, -0.2) is 4.79 Å². The maximum Gasteiger partial charge on any atom is 0.326 e. The normalized spacial score (nSPS) is 11.6. The van der Waals surface area contributed by atoms with Crippen LogP contribution in [0.25, 0.3) is 0 Å². The molecule has 0 spiro atoms. The molecule has 1 rings (SSSR count). The van der Waals surface area contributed by atoms with Crippen molar-refractivity contribution in [1.82, 2.24) is 10.2 Å². The van der Waals surface area contributed by atoms with Gasteiger partial charge in [0.05, 0.1) is 0 Å². The number of nitrogens with zero attached hydrogens (tertiary/aromatic N) is 1. The first-order valence-corrected chi connectivity index (χ1v) is 8.12. The van der Waals surface area contributed by atoms with Gasteiger partial charge in [0.15, 0.2) is 0 Å². The molecule has 0 bridgehead atoms. The van der Waals surface area contributed by atoms with Crippen LogP contribution in [0.1, 0.15) is 25.8 Å². The lowest BCUT2D eigenvalue weighted by molar-refractivity contribution is -0.149. The summed E-state index contributed by atoms with van der Waals surface area (Å²) in [6.07, 6.45) is 0.726. The zero-order valence-corrected chi connectivity index (χ0v) is 14.8. The fourth-order valence-corrected chi connectivity index (χ4v) is 2.59. The fourth-order valence-electron chi connectivity index (χ4n) is 2.11. The topological polar surface area (TPSA) is 86.7 Å². The van der Waals surface area contributed by atoms with E-state index in [-0.39, 0.29) is 31.3 Å². The molecule has 7 heteroatoms. The third-order valence-corrected chi connectivity index (χ3v) is 4.21. The summed E-state index contributed by atoms with van der Waals surface area (Å²) in [6.45, 7) is 3.24. The quantitative estimate of drug-likeness (QED) is 0.715. The van der Waals surface area contributed by atoms with Crippen molar-refractivity contribution in [1.29, 1.82) is 0 Å². The highest BCUT2D eigenvalue weighted by Crippen LogP contribution is 2.18. The number of hydrogen-bond donors (Lipinski definition) is 2. The van der Waals surface area contributed by atoms with Crippen LogP contribution in [0.2, 0.25) is 0 Å². The summed E-state index contributed by atoms with van der Waals surface area (Å²) in [7, 11) is 0. The number of carbonyl (C=O) groups excluding carboxylic acids is 2. The van der Waals surface area contributed by atoms with Crippen molar-refractivity contribution in [3.63, 3.8) is 0 Å². The van der Waals surface area contributed by atoms with Crippen molar-refractivity contribution >= 4 is 33.7 Å². The Balaban J connectivity index is 2.68. The van der Waals surface area contributed by atoms with Crippen LogP contribution in [0, 0.1) is 0 Å². The Bertz CT molecular complexity index is 577. The van der Waals surface area contributed by atoms with Gasteiger partial charge < -0.3 is 15.3 Å². The molecule has 1 aromatic rings. The highest BCUT2D eigenvalue weighted by Gasteiger charge is 2.25. The predicted molar refractivity (Wildman–Crippen MR) is 90.0 cm³/mol. The molecule has 0 radical (unpaired) electrons. The van der Waals surface area contributed by atoms with Crippen molar-refractivity contribution < 1.29 is 19.5 Å². The van der Waals surface area contributed by atoms with Crippen LogP contribution in [-0.4, -0.2) is 46.9 Å². The fraction of sp³-hybridized carbons (Fsp3) is 0.438. The predicted octanol–water partition coefficient (Wildman–Crippen LogP) is 1.82. The molecule has 0 saturated heterocycles. The minimum atomic E-state index is -1.07. The zero-order valence-electron chi connectivity index (χ0n) is 13.2. The molecule has 23 heavy (non-hydrogen) atoms. The molecule has 1 aromatic carbocycles. The molecule has 1 unspecified atom stereocenters. The van der Waals surface area contributed by atoms with E-state index in [1.54, 1.807) is 0 Å². The van der Waals surface area contributed by atoms with E-state index in [1.807, 2.05) is 24.3 Å². The zero-order chi connectivity index (χ0) is 17.4. The van der Waals surface area contributed by atoms with Crippen molar-refractivity contribution in [3.05, 3.63) is 34.3 Å². The molecule has 126 valence electrons. The lowest BCUT2D eigenvalue weighted by Crippen LogP contribution is -2.46. The highest BCUT2D eigenvalue weighted by atomic mass is 79.9. The molecular weight excluding hydrogens is 364 g/mol. The number of carbonyl (C=O) groups is 3. The Kier molecular flexibility index (Phi) is 7.74. The van der Waals surface area contributed by atoms with Crippen LogP contribution in [0.4, 0.5) is 0 Å². The van der Waals surface area contributed by atoms with Gasteiger partial charge in [-0.2, -0.15) is 0 Å². The number of carboxylic acid groups (broad SMARTS) is 1. The number of hydrogen-bond acceptors (Lipinski definition) is 3. The van der Waals surface area contributed by atoms with E-state index in [9.17, 15) is 14.4 Å². The summed E-state index contributed by atoms with van der Waals surface area (Å²) in [4.78, 5) is 35.8. The van der Waals surface area contributed by atoms with Crippen molar-refractivity contribution in [2.45, 2.75) is 32.7 Å².